The third-order valence-electron chi connectivity index (χ3n) is 4.06. The summed E-state index contributed by atoms with van der Waals surface area (Å²) in [6, 6.07) is 15.8. The normalized spacial score (nSPS) is 11.4. The van der Waals surface area contributed by atoms with Crippen molar-refractivity contribution in [3.8, 4) is 5.69 Å². The fourth-order valence-electron chi connectivity index (χ4n) is 2.89. The van der Waals surface area contributed by atoms with Crippen LogP contribution in [0.1, 0.15) is 12.5 Å². The molecule has 4 rings (SSSR count). The minimum Gasteiger partial charge on any atom is -0.349 e. The smallest absolute Gasteiger partial charge is 0.283 e. The van der Waals surface area contributed by atoms with Crippen LogP contribution in [0.25, 0.3) is 27.6 Å². The van der Waals surface area contributed by atoms with Crippen molar-refractivity contribution in [2.45, 2.75) is 19.0 Å². The molecule has 24 heavy (non-hydrogen) atoms. The lowest BCUT2D eigenvalue weighted by molar-refractivity contribution is 0.819. The molecule has 0 radical (unpaired) electrons. The number of thioether (sulfide) groups is 1. The van der Waals surface area contributed by atoms with Crippen molar-refractivity contribution in [3.63, 3.8) is 0 Å². The molecule has 0 saturated carbocycles. The van der Waals surface area contributed by atoms with E-state index in [4.69, 9.17) is 4.98 Å². The molecule has 0 spiro atoms. The van der Waals surface area contributed by atoms with Gasteiger partial charge in [0.1, 0.15) is 11.0 Å². The van der Waals surface area contributed by atoms with Gasteiger partial charge in [-0.2, -0.15) is 0 Å². The molecule has 5 heteroatoms. The van der Waals surface area contributed by atoms with Crippen molar-refractivity contribution in [2.75, 3.05) is 5.75 Å². The standard InChI is InChI=1S/C19H17N3OS/c1-3-24-19-21-16-14-6-4-5-7-15(14)20-17(16)18(23)22(19)13-10-8-12(2)9-11-13/h4-11,20H,3H2,1-2H3. The Hall–Kier alpha value is -2.53. The summed E-state index contributed by atoms with van der Waals surface area (Å²) >= 11 is 1.58. The number of nitrogens with zero attached hydrogens (tertiary/aromatic N) is 2. The van der Waals surface area contributed by atoms with Crippen LogP contribution in [0.3, 0.4) is 0 Å². The molecule has 2 aromatic carbocycles. The van der Waals surface area contributed by atoms with Gasteiger partial charge in [-0.05, 0) is 30.9 Å². The highest BCUT2D eigenvalue weighted by molar-refractivity contribution is 7.99. The Kier molecular flexibility index (Phi) is 3.65. The molecule has 120 valence electrons. The number of benzene rings is 2. The van der Waals surface area contributed by atoms with Gasteiger partial charge in [-0.15, -0.1) is 0 Å². The first-order valence-corrected chi connectivity index (χ1v) is 8.91. The summed E-state index contributed by atoms with van der Waals surface area (Å²) in [5.41, 5.74) is 4.18. The Morgan fingerprint density at radius 1 is 1.12 bits per heavy atom. The summed E-state index contributed by atoms with van der Waals surface area (Å²) in [6.45, 7) is 4.10. The number of fused-ring (bicyclic) bond motifs is 3. The third-order valence-corrected chi connectivity index (χ3v) is 4.88. The predicted octanol–water partition coefficient (Wildman–Crippen LogP) is 4.29. The van der Waals surface area contributed by atoms with E-state index in [1.54, 1.807) is 16.3 Å². The van der Waals surface area contributed by atoms with E-state index in [0.29, 0.717) is 5.52 Å². The molecule has 2 aromatic heterocycles. The molecule has 0 aliphatic rings. The maximum atomic E-state index is 13.2. The second-order valence-electron chi connectivity index (χ2n) is 5.70. The van der Waals surface area contributed by atoms with Crippen molar-refractivity contribution in [1.29, 1.82) is 0 Å². The molecule has 0 fully saturated rings. The second-order valence-corrected chi connectivity index (χ2v) is 6.93. The van der Waals surface area contributed by atoms with Crippen molar-refractivity contribution < 1.29 is 0 Å². The van der Waals surface area contributed by atoms with E-state index in [9.17, 15) is 4.79 Å². The van der Waals surface area contributed by atoms with E-state index in [-0.39, 0.29) is 5.56 Å². The van der Waals surface area contributed by atoms with Gasteiger partial charge < -0.3 is 4.98 Å². The summed E-state index contributed by atoms with van der Waals surface area (Å²) in [4.78, 5) is 21.2. The number of aromatic nitrogens is 3. The molecule has 0 atom stereocenters. The van der Waals surface area contributed by atoms with Gasteiger partial charge in [-0.3, -0.25) is 9.36 Å². The largest absolute Gasteiger partial charge is 0.349 e. The van der Waals surface area contributed by atoms with Gasteiger partial charge in [0.2, 0.25) is 0 Å². The number of hydrogen-bond donors (Lipinski definition) is 1. The number of aryl methyl sites for hydroxylation is 1. The van der Waals surface area contributed by atoms with Crippen LogP contribution >= 0.6 is 11.8 Å². The molecule has 1 N–H and O–H groups in total. The topological polar surface area (TPSA) is 50.7 Å². The van der Waals surface area contributed by atoms with Crippen molar-refractivity contribution >= 4 is 33.7 Å². The van der Waals surface area contributed by atoms with E-state index >= 15 is 0 Å². The molecule has 0 amide bonds. The van der Waals surface area contributed by atoms with Gasteiger partial charge in [-0.25, -0.2) is 4.98 Å². The number of aromatic amines is 1. The highest BCUT2D eigenvalue weighted by Crippen LogP contribution is 2.26. The zero-order chi connectivity index (χ0) is 16.7. The van der Waals surface area contributed by atoms with Gasteiger partial charge in [0, 0.05) is 10.9 Å². The average Bonchev–Trinajstić information content (AvgIpc) is 2.96. The number of rotatable bonds is 3. The second kappa shape index (κ2) is 5.83. The Bertz CT molecular complexity index is 1090. The maximum absolute atomic E-state index is 13.2. The fraction of sp³-hybridized carbons (Fsp3) is 0.158. The van der Waals surface area contributed by atoms with Gasteiger partial charge >= 0.3 is 0 Å². The van der Waals surface area contributed by atoms with E-state index in [0.717, 1.165) is 38.6 Å². The lowest BCUT2D eigenvalue weighted by Crippen LogP contribution is -2.21. The minimum atomic E-state index is -0.0593. The summed E-state index contributed by atoms with van der Waals surface area (Å²) in [5.74, 6) is 0.853. The SMILES string of the molecule is CCSc1nc2c([nH]c3ccccc32)c(=O)n1-c1ccc(C)cc1. The highest BCUT2D eigenvalue weighted by atomic mass is 32.2. The molecular formula is C19H17N3OS. The highest BCUT2D eigenvalue weighted by Gasteiger charge is 2.16. The van der Waals surface area contributed by atoms with Crippen LogP contribution in [0.2, 0.25) is 0 Å². The third kappa shape index (κ3) is 2.32. The molecule has 4 aromatic rings. The number of nitrogens with one attached hydrogen (secondary N) is 1. The van der Waals surface area contributed by atoms with Crippen LogP contribution in [0.4, 0.5) is 0 Å². The molecule has 0 unspecified atom stereocenters. The van der Waals surface area contributed by atoms with Gasteiger partial charge in [0.15, 0.2) is 5.16 Å². The van der Waals surface area contributed by atoms with Crippen LogP contribution in [0, 0.1) is 6.92 Å². The lowest BCUT2D eigenvalue weighted by Gasteiger charge is -2.11. The Balaban J connectivity index is 2.09. The first-order valence-electron chi connectivity index (χ1n) is 7.92. The fourth-order valence-corrected chi connectivity index (χ4v) is 3.62. The molecule has 4 nitrogen and oxygen atoms in total. The van der Waals surface area contributed by atoms with Crippen LogP contribution in [0.15, 0.2) is 58.5 Å². The maximum Gasteiger partial charge on any atom is 0.283 e. The van der Waals surface area contributed by atoms with Gasteiger partial charge in [-0.1, -0.05) is 54.6 Å². The Labute approximate surface area is 143 Å². The first kappa shape index (κ1) is 15.0. The van der Waals surface area contributed by atoms with Crippen molar-refractivity contribution in [3.05, 3.63) is 64.4 Å². The van der Waals surface area contributed by atoms with Crippen molar-refractivity contribution in [2.24, 2.45) is 0 Å². The lowest BCUT2D eigenvalue weighted by atomic mass is 10.2. The zero-order valence-electron chi connectivity index (χ0n) is 13.5. The van der Waals surface area contributed by atoms with Crippen LogP contribution in [-0.4, -0.2) is 20.3 Å². The molecule has 2 heterocycles. The van der Waals surface area contributed by atoms with Crippen LogP contribution in [0.5, 0.6) is 0 Å². The van der Waals surface area contributed by atoms with E-state index in [1.807, 2.05) is 55.5 Å². The predicted molar refractivity (Wildman–Crippen MR) is 100 cm³/mol. The average molecular weight is 335 g/mol. The molecule has 0 aliphatic heterocycles. The number of hydrogen-bond acceptors (Lipinski definition) is 3. The van der Waals surface area contributed by atoms with E-state index in [2.05, 4.69) is 11.9 Å². The molecule has 0 bridgehead atoms. The van der Waals surface area contributed by atoms with Crippen molar-refractivity contribution in [1.82, 2.24) is 14.5 Å². The molecule has 0 aliphatic carbocycles. The molecule has 0 saturated heterocycles. The Morgan fingerprint density at radius 2 is 1.88 bits per heavy atom. The summed E-state index contributed by atoms with van der Waals surface area (Å²) in [6.07, 6.45) is 0. The molecular weight excluding hydrogens is 318 g/mol. The van der Waals surface area contributed by atoms with Gasteiger partial charge in [0.05, 0.1) is 5.69 Å². The van der Waals surface area contributed by atoms with Gasteiger partial charge in [0.25, 0.3) is 5.56 Å². The van der Waals surface area contributed by atoms with Crippen LogP contribution in [-0.2, 0) is 0 Å². The number of para-hydroxylation sites is 1. The first-order chi connectivity index (χ1) is 11.7. The van der Waals surface area contributed by atoms with Crippen LogP contribution < -0.4 is 5.56 Å². The minimum absolute atomic E-state index is 0.0593. The van der Waals surface area contributed by atoms with E-state index in [1.165, 1.54) is 0 Å². The zero-order valence-corrected chi connectivity index (χ0v) is 14.4. The summed E-state index contributed by atoms with van der Waals surface area (Å²) in [5, 5.41) is 1.71. The summed E-state index contributed by atoms with van der Waals surface area (Å²) in [7, 11) is 0. The quantitative estimate of drug-likeness (QED) is 0.449. The summed E-state index contributed by atoms with van der Waals surface area (Å²) < 4.78 is 1.70. The Morgan fingerprint density at radius 3 is 2.62 bits per heavy atom. The monoisotopic (exact) mass is 335 g/mol. The number of H-pyrrole nitrogens is 1. The van der Waals surface area contributed by atoms with E-state index < -0.39 is 0 Å².